The normalized spacial score (nSPS) is 40.9. The minimum atomic E-state index is -0.725. The van der Waals surface area contributed by atoms with Gasteiger partial charge in [0.2, 0.25) is 0 Å². The first-order valence-corrected chi connectivity index (χ1v) is 7.02. The minimum absolute atomic E-state index is 0.243. The summed E-state index contributed by atoms with van der Waals surface area (Å²) >= 11 is 0. The molecule has 0 N–H and O–H groups in total. The summed E-state index contributed by atoms with van der Waals surface area (Å²) in [5.41, 5.74) is 1.30. The molecule has 104 valence electrons. The number of ether oxygens (including phenoxy) is 2. The molecular formula is C16H22O3. The van der Waals surface area contributed by atoms with Gasteiger partial charge in [-0.15, -0.1) is 0 Å². The summed E-state index contributed by atoms with van der Waals surface area (Å²) in [6.45, 7) is 9.41. The Bertz CT molecular complexity index is 496. The van der Waals surface area contributed by atoms with Gasteiger partial charge in [0.05, 0.1) is 13.2 Å². The van der Waals surface area contributed by atoms with Crippen LogP contribution in [0.1, 0.15) is 40.5 Å². The number of fused-ring (bicyclic) bond motifs is 2. The molecule has 0 aromatic rings. The molecule has 0 aromatic carbocycles. The van der Waals surface area contributed by atoms with Crippen LogP contribution in [-0.2, 0) is 14.3 Å². The van der Waals surface area contributed by atoms with Crippen LogP contribution in [0.5, 0.6) is 0 Å². The van der Waals surface area contributed by atoms with Gasteiger partial charge in [-0.3, -0.25) is 4.79 Å². The van der Waals surface area contributed by atoms with E-state index >= 15 is 0 Å². The number of hydrogen-bond donors (Lipinski definition) is 0. The van der Waals surface area contributed by atoms with Gasteiger partial charge in [-0.25, -0.2) is 0 Å². The van der Waals surface area contributed by atoms with Crippen LogP contribution in [0, 0.1) is 10.8 Å². The second-order valence-corrected chi connectivity index (χ2v) is 6.62. The van der Waals surface area contributed by atoms with E-state index in [1.54, 1.807) is 0 Å². The molecule has 0 saturated carbocycles. The maximum absolute atomic E-state index is 12.8. The number of allylic oxidation sites excluding steroid dienone is 3. The third-order valence-electron chi connectivity index (χ3n) is 5.46. The van der Waals surface area contributed by atoms with Crippen LogP contribution < -0.4 is 0 Å². The van der Waals surface area contributed by atoms with Gasteiger partial charge in [0.1, 0.15) is 0 Å². The molecule has 1 aliphatic heterocycles. The van der Waals surface area contributed by atoms with Crippen molar-refractivity contribution in [2.24, 2.45) is 10.8 Å². The van der Waals surface area contributed by atoms with Gasteiger partial charge in [-0.05, 0) is 38.3 Å². The van der Waals surface area contributed by atoms with E-state index < -0.39 is 11.2 Å². The molecule has 1 heterocycles. The van der Waals surface area contributed by atoms with Crippen molar-refractivity contribution in [2.75, 3.05) is 13.2 Å². The number of carbonyl (C=O) groups is 1. The third kappa shape index (κ3) is 1.43. The lowest BCUT2D eigenvalue weighted by molar-refractivity contribution is -0.238. The van der Waals surface area contributed by atoms with Crippen LogP contribution in [-0.4, -0.2) is 24.8 Å². The molecule has 0 aromatic heterocycles. The van der Waals surface area contributed by atoms with E-state index in [0.717, 1.165) is 18.4 Å². The Hall–Kier alpha value is -0.930. The van der Waals surface area contributed by atoms with Gasteiger partial charge >= 0.3 is 0 Å². The summed E-state index contributed by atoms with van der Waals surface area (Å²) in [6, 6.07) is 0. The zero-order valence-corrected chi connectivity index (χ0v) is 12.2. The van der Waals surface area contributed by atoms with E-state index in [4.69, 9.17) is 9.47 Å². The van der Waals surface area contributed by atoms with Crippen molar-refractivity contribution in [3.05, 3.63) is 23.3 Å². The van der Waals surface area contributed by atoms with Crippen molar-refractivity contribution >= 4 is 5.78 Å². The quantitative estimate of drug-likeness (QED) is 0.629. The van der Waals surface area contributed by atoms with Crippen LogP contribution in [0.4, 0.5) is 0 Å². The highest BCUT2D eigenvalue weighted by molar-refractivity contribution is 6.01. The Kier molecular flexibility index (Phi) is 2.61. The van der Waals surface area contributed by atoms with Gasteiger partial charge in [0, 0.05) is 10.8 Å². The molecule has 19 heavy (non-hydrogen) atoms. The van der Waals surface area contributed by atoms with Crippen molar-refractivity contribution in [1.82, 2.24) is 0 Å². The van der Waals surface area contributed by atoms with E-state index in [-0.39, 0.29) is 11.2 Å². The number of hydrogen-bond acceptors (Lipinski definition) is 3. The van der Waals surface area contributed by atoms with Crippen LogP contribution in [0.3, 0.4) is 0 Å². The molecule has 2 atom stereocenters. The number of rotatable bonds is 0. The molecular weight excluding hydrogens is 240 g/mol. The number of ketones is 1. The summed E-state index contributed by atoms with van der Waals surface area (Å²) in [5, 5.41) is 0. The molecule has 0 radical (unpaired) electrons. The fourth-order valence-electron chi connectivity index (χ4n) is 4.06. The molecule has 0 amide bonds. The Morgan fingerprint density at radius 1 is 1.16 bits per heavy atom. The summed E-state index contributed by atoms with van der Waals surface area (Å²) in [5.74, 6) is -0.482. The highest BCUT2D eigenvalue weighted by Gasteiger charge is 2.66. The van der Waals surface area contributed by atoms with Crippen LogP contribution >= 0.6 is 0 Å². The lowest BCUT2D eigenvalue weighted by Crippen LogP contribution is -2.62. The zero-order chi connectivity index (χ0) is 13.9. The average Bonchev–Trinajstić information content (AvgIpc) is 2.81. The van der Waals surface area contributed by atoms with E-state index in [1.165, 1.54) is 5.57 Å². The second-order valence-electron chi connectivity index (χ2n) is 6.62. The Morgan fingerprint density at radius 2 is 1.79 bits per heavy atom. The summed E-state index contributed by atoms with van der Waals surface area (Å²) in [6.07, 6.45) is 5.77. The predicted octanol–water partition coefficient (Wildman–Crippen LogP) is 3.01. The molecule has 1 fully saturated rings. The summed E-state index contributed by atoms with van der Waals surface area (Å²) in [4.78, 5) is 12.8. The van der Waals surface area contributed by atoms with Gasteiger partial charge in [0.25, 0.3) is 0 Å². The minimum Gasteiger partial charge on any atom is -0.343 e. The first-order valence-electron chi connectivity index (χ1n) is 7.02. The Balaban J connectivity index is 2.21. The highest BCUT2D eigenvalue weighted by Crippen LogP contribution is 2.62. The molecule has 0 bridgehead atoms. The zero-order valence-electron chi connectivity index (χ0n) is 12.2. The molecule has 3 nitrogen and oxygen atoms in total. The Labute approximate surface area is 114 Å². The lowest BCUT2D eigenvalue weighted by Gasteiger charge is -2.57. The van der Waals surface area contributed by atoms with Gasteiger partial charge in [0.15, 0.2) is 11.6 Å². The maximum atomic E-state index is 12.8. The van der Waals surface area contributed by atoms with Gasteiger partial charge in [-0.2, -0.15) is 0 Å². The van der Waals surface area contributed by atoms with E-state index in [2.05, 4.69) is 26.8 Å². The third-order valence-corrected chi connectivity index (χ3v) is 5.46. The number of carbonyl (C=O) groups excluding carboxylic acids is 1. The van der Waals surface area contributed by atoms with Gasteiger partial charge in [-0.1, -0.05) is 25.5 Å². The van der Waals surface area contributed by atoms with E-state index in [9.17, 15) is 4.79 Å². The highest BCUT2D eigenvalue weighted by atomic mass is 16.7. The molecule has 3 heteroatoms. The molecule has 3 aliphatic rings. The molecule has 1 saturated heterocycles. The largest absolute Gasteiger partial charge is 0.343 e. The van der Waals surface area contributed by atoms with Crippen molar-refractivity contribution in [3.63, 3.8) is 0 Å². The van der Waals surface area contributed by atoms with Crippen LogP contribution in [0.15, 0.2) is 23.3 Å². The average molecular weight is 262 g/mol. The lowest BCUT2D eigenvalue weighted by atomic mass is 9.49. The fraction of sp³-hybridized carbons (Fsp3) is 0.688. The summed E-state index contributed by atoms with van der Waals surface area (Å²) in [7, 11) is 0. The summed E-state index contributed by atoms with van der Waals surface area (Å²) < 4.78 is 12.0. The van der Waals surface area contributed by atoms with Crippen LogP contribution in [0.25, 0.3) is 0 Å². The molecule has 0 unspecified atom stereocenters. The van der Waals surface area contributed by atoms with Crippen molar-refractivity contribution in [2.45, 2.75) is 46.3 Å². The molecule has 2 aliphatic carbocycles. The topological polar surface area (TPSA) is 35.5 Å². The van der Waals surface area contributed by atoms with Crippen molar-refractivity contribution < 1.29 is 14.3 Å². The standard InChI is InChI=1S/C16H22O3/c1-11-5-6-15(4)14(3,9-11)13(17)12(2)10-16(15)18-7-8-19-16/h5,10H,6-9H2,1-4H3/t14-,15-/m1/s1. The molecule has 3 rings (SSSR count). The Morgan fingerprint density at radius 3 is 2.42 bits per heavy atom. The SMILES string of the molecule is CC1=CC[C@@]2(C)C3(C=C(C)C(=O)[C@@]2(C)C1)OCCO3. The first kappa shape index (κ1) is 13.1. The van der Waals surface area contributed by atoms with E-state index in [0.29, 0.717) is 13.2 Å². The second kappa shape index (κ2) is 3.80. The van der Waals surface area contributed by atoms with Gasteiger partial charge < -0.3 is 9.47 Å². The number of Topliss-reactive ketones (excluding diaryl/α,β-unsaturated/α-hetero) is 1. The predicted molar refractivity (Wildman–Crippen MR) is 72.6 cm³/mol. The van der Waals surface area contributed by atoms with Crippen LogP contribution in [0.2, 0.25) is 0 Å². The monoisotopic (exact) mass is 262 g/mol. The smallest absolute Gasteiger partial charge is 0.195 e. The van der Waals surface area contributed by atoms with Crippen molar-refractivity contribution in [1.29, 1.82) is 0 Å². The fourth-order valence-corrected chi connectivity index (χ4v) is 4.06. The van der Waals surface area contributed by atoms with E-state index in [1.807, 2.05) is 13.0 Å². The molecule has 1 spiro atoms. The first-order chi connectivity index (χ1) is 8.85. The van der Waals surface area contributed by atoms with Crippen molar-refractivity contribution in [3.8, 4) is 0 Å². The maximum Gasteiger partial charge on any atom is 0.195 e.